The topological polar surface area (TPSA) is 58.6 Å². The second-order valence-electron chi connectivity index (χ2n) is 10.2. The van der Waals surface area contributed by atoms with Crippen molar-refractivity contribution in [3.63, 3.8) is 0 Å². The summed E-state index contributed by atoms with van der Waals surface area (Å²) in [6.45, 7) is 14.1. The first-order chi connectivity index (χ1) is 15.6. The van der Waals surface area contributed by atoms with Crippen LogP contribution in [-0.4, -0.2) is 25.2 Å². The van der Waals surface area contributed by atoms with Crippen LogP contribution in [0.3, 0.4) is 0 Å². The van der Waals surface area contributed by atoms with Gasteiger partial charge in [-0.2, -0.15) is 0 Å². The van der Waals surface area contributed by atoms with E-state index in [9.17, 15) is 9.59 Å². The predicted molar refractivity (Wildman–Crippen MR) is 135 cm³/mol. The quantitative estimate of drug-likeness (QED) is 0.460. The van der Waals surface area contributed by atoms with Gasteiger partial charge in [0.2, 0.25) is 0 Å². The molecule has 2 amide bonds. The monoisotopic (exact) mass is 450 g/mol. The van der Waals surface area contributed by atoms with Gasteiger partial charge in [0.15, 0.2) is 0 Å². The number of hydrogen-bond donors (Lipinski definition) is 1. The molecule has 0 bridgehead atoms. The Hall–Kier alpha value is -2.82. The fraction of sp³-hybridized carbons (Fsp3) is 0.500. The van der Waals surface area contributed by atoms with Crippen molar-refractivity contribution in [2.75, 3.05) is 23.4 Å². The van der Waals surface area contributed by atoms with E-state index in [0.29, 0.717) is 24.4 Å². The van der Waals surface area contributed by atoms with Gasteiger partial charge in [0.1, 0.15) is 0 Å². The molecular weight excluding hydrogens is 412 g/mol. The lowest BCUT2D eigenvalue weighted by molar-refractivity contribution is 0.0526. The van der Waals surface area contributed by atoms with Crippen LogP contribution in [0.2, 0.25) is 0 Å². The van der Waals surface area contributed by atoms with Gasteiger partial charge in [0.05, 0.1) is 12.2 Å². The van der Waals surface area contributed by atoms with E-state index in [1.54, 1.807) is 31.2 Å². The summed E-state index contributed by atoms with van der Waals surface area (Å²) in [5.41, 5.74) is 4.98. The number of benzene rings is 2. The minimum atomic E-state index is -0.362. The second kappa shape index (κ2) is 9.98. The molecule has 0 unspecified atom stereocenters. The van der Waals surface area contributed by atoms with E-state index in [1.165, 1.54) is 11.1 Å². The van der Waals surface area contributed by atoms with Crippen LogP contribution in [0.4, 0.5) is 16.2 Å². The molecule has 33 heavy (non-hydrogen) atoms. The number of amides is 2. The molecule has 5 nitrogen and oxygen atoms in total. The minimum absolute atomic E-state index is 0.0801. The van der Waals surface area contributed by atoms with Crippen molar-refractivity contribution in [2.45, 2.75) is 78.1 Å². The molecule has 1 N–H and O–H groups in total. The maximum absolute atomic E-state index is 13.3. The number of esters is 1. The number of nitrogens with zero attached hydrogens (tertiary/aromatic N) is 1. The molecule has 2 aromatic carbocycles. The van der Waals surface area contributed by atoms with Crippen molar-refractivity contribution in [1.82, 2.24) is 0 Å². The number of anilines is 2. The molecule has 178 valence electrons. The largest absolute Gasteiger partial charge is 0.462 e. The van der Waals surface area contributed by atoms with Crippen molar-refractivity contribution in [1.29, 1.82) is 0 Å². The number of carbonyl (C=O) groups excluding carboxylic acids is 2. The van der Waals surface area contributed by atoms with Crippen LogP contribution < -0.4 is 10.2 Å². The third-order valence-corrected chi connectivity index (χ3v) is 6.78. The van der Waals surface area contributed by atoms with E-state index >= 15 is 0 Å². The molecule has 0 saturated heterocycles. The third kappa shape index (κ3) is 5.58. The summed E-state index contributed by atoms with van der Waals surface area (Å²) in [4.78, 5) is 27.0. The van der Waals surface area contributed by atoms with E-state index in [-0.39, 0.29) is 22.8 Å². The zero-order chi connectivity index (χ0) is 24.2. The predicted octanol–water partition coefficient (Wildman–Crippen LogP) is 7.05. The Labute approximate surface area is 198 Å². The Kier molecular flexibility index (Phi) is 7.51. The second-order valence-corrected chi connectivity index (χ2v) is 10.2. The molecule has 3 rings (SSSR count). The van der Waals surface area contributed by atoms with Crippen LogP contribution in [0.5, 0.6) is 0 Å². The van der Waals surface area contributed by atoms with Crippen molar-refractivity contribution in [3.8, 4) is 0 Å². The molecule has 0 fully saturated rings. The fourth-order valence-corrected chi connectivity index (χ4v) is 4.50. The molecule has 0 atom stereocenters. The summed E-state index contributed by atoms with van der Waals surface area (Å²) in [5, 5.41) is 3.00. The molecule has 0 radical (unpaired) electrons. The zero-order valence-corrected chi connectivity index (χ0v) is 21.0. The average molecular weight is 451 g/mol. The number of fused-ring (bicyclic) bond motifs is 1. The number of hydrogen-bond acceptors (Lipinski definition) is 3. The zero-order valence-electron chi connectivity index (χ0n) is 21.0. The Balaban J connectivity index is 1.87. The van der Waals surface area contributed by atoms with Crippen LogP contribution in [-0.2, 0) is 15.6 Å². The number of nitrogens with one attached hydrogen (secondary N) is 1. The Bertz CT molecular complexity index is 993. The van der Waals surface area contributed by atoms with Crippen molar-refractivity contribution >= 4 is 23.4 Å². The van der Waals surface area contributed by atoms with E-state index in [4.69, 9.17) is 4.74 Å². The lowest BCUT2D eigenvalue weighted by Gasteiger charge is -2.42. The van der Waals surface area contributed by atoms with E-state index in [1.807, 2.05) is 4.90 Å². The number of ether oxygens (including phenoxy) is 1. The lowest BCUT2D eigenvalue weighted by atomic mass is 9.63. The van der Waals surface area contributed by atoms with Gasteiger partial charge >= 0.3 is 12.0 Å². The van der Waals surface area contributed by atoms with Gasteiger partial charge in [-0.15, -0.1) is 0 Å². The summed E-state index contributed by atoms with van der Waals surface area (Å²) in [6, 6.07) is 13.2. The van der Waals surface area contributed by atoms with Gasteiger partial charge < -0.3 is 10.1 Å². The van der Waals surface area contributed by atoms with E-state index < -0.39 is 0 Å². The van der Waals surface area contributed by atoms with E-state index in [0.717, 1.165) is 31.4 Å². The Morgan fingerprint density at radius 1 is 0.939 bits per heavy atom. The maximum atomic E-state index is 13.3. The highest BCUT2D eigenvalue weighted by Gasteiger charge is 2.37. The summed E-state index contributed by atoms with van der Waals surface area (Å²) in [5.74, 6) is -0.362. The maximum Gasteiger partial charge on any atom is 0.338 e. The highest BCUT2D eigenvalue weighted by atomic mass is 16.5. The first-order valence-corrected chi connectivity index (χ1v) is 12.1. The van der Waals surface area contributed by atoms with Crippen LogP contribution >= 0.6 is 0 Å². The molecule has 0 aromatic heterocycles. The number of rotatable bonds is 7. The molecule has 0 saturated carbocycles. The van der Waals surface area contributed by atoms with Crippen molar-refractivity contribution in [2.24, 2.45) is 0 Å². The molecule has 1 aliphatic carbocycles. The van der Waals surface area contributed by atoms with E-state index in [2.05, 4.69) is 58.1 Å². The first kappa shape index (κ1) is 24.8. The molecule has 0 heterocycles. The molecular formula is C28H38N2O3. The normalized spacial score (nSPS) is 15.9. The smallest absolute Gasteiger partial charge is 0.338 e. The van der Waals surface area contributed by atoms with Crippen LogP contribution in [0, 0.1) is 0 Å². The van der Waals surface area contributed by atoms with Crippen molar-refractivity contribution in [3.05, 3.63) is 59.2 Å². The lowest BCUT2D eigenvalue weighted by Crippen LogP contribution is -2.37. The first-order valence-electron chi connectivity index (χ1n) is 12.1. The Morgan fingerprint density at radius 2 is 1.58 bits per heavy atom. The van der Waals surface area contributed by atoms with Gasteiger partial charge in [-0.1, -0.05) is 47.1 Å². The highest BCUT2D eigenvalue weighted by molar-refractivity contribution is 6.02. The van der Waals surface area contributed by atoms with Crippen LogP contribution in [0.15, 0.2) is 42.5 Å². The summed E-state index contributed by atoms with van der Waals surface area (Å²) >= 11 is 0. The summed E-state index contributed by atoms with van der Waals surface area (Å²) in [7, 11) is 0. The van der Waals surface area contributed by atoms with Crippen molar-refractivity contribution < 1.29 is 14.3 Å². The number of unbranched alkanes of at least 4 members (excludes halogenated alkanes) is 1. The third-order valence-electron chi connectivity index (χ3n) is 6.78. The summed E-state index contributed by atoms with van der Waals surface area (Å²) < 4.78 is 5.03. The average Bonchev–Trinajstić information content (AvgIpc) is 2.78. The van der Waals surface area contributed by atoms with Gasteiger partial charge in [-0.3, -0.25) is 4.90 Å². The minimum Gasteiger partial charge on any atom is -0.462 e. The Morgan fingerprint density at radius 3 is 2.18 bits per heavy atom. The molecule has 1 aliphatic rings. The van der Waals surface area contributed by atoms with Crippen LogP contribution in [0.1, 0.15) is 88.7 Å². The van der Waals surface area contributed by atoms with Gasteiger partial charge in [-0.05, 0) is 84.5 Å². The summed E-state index contributed by atoms with van der Waals surface area (Å²) in [6.07, 6.45) is 4.21. The molecule has 2 aromatic rings. The van der Waals surface area contributed by atoms with Gasteiger partial charge in [0, 0.05) is 17.9 Å². The number of carbonyl (C=O) groups is 2. The van der Waals surface area contributed by atoms with Gasteiger partial charge in [-0.25, -0.2) is 9.59 Å². The van der Waals surface area contributed by atoms with Crippen LogP contribution in [0.25, 0.3) is 0 Å². The highest BCUT2D eigenvalue weighted by Crippen LogP contribution is 2.46. The molecule has 0 aliphatic heterocycles. The molecule has 5 heteroatoms. The fourth-order valence-electron chi connectivity index (χ4n) is 4.50. The SMILES string of the molecule is CCCCN(C(=O)Nc1ccc(C(=O)OCC)cc1)c1ccc2c(c1)C(C)(C)CCC2(C)C. The standard InChI is InChI=1S/C28H38N2O3/c1-7-9-18-30(26(32)29-21-12-10-20(11-13-21)25(31)33-8-2)22-14-15-23-24(19-22)28(5,6)17-16-27(23,3)4/h10-15,19H,7-9,16-18H2,1-6H3,(H,29,32). The molecule has 0 spiro atoms. The van der Waals surface area contributed by atoms with Gasteiger partial charge in [0.25, 0.3) is 0 Å². The number of urea groups is 1.